The fourth-order valence-electron chi connectivity index (χ4n) is 4.03. The summed E-state index contributed by atoms with van der Waals surface area (Å²) in [5, 5.41) is 6.20. The van der Waals surface area contributed by atoms with E-state index in [4.69, 9.17) is 4.98 Å². The van der Waals surface area contributed by atoms with Crippen LogP contribution in [0.5, 0.6) is 0 Å². The summed E-state index contributed by atoms with van der Waals surface area (Å²) < 4.78 is 13.6. The predicted molar refractivity (Wildman–Crippen MR) is 129 cm³/mol. The van der Waals surface area contributed by atoms with Gasteiger partial charge in [0.1, 0.15) is 5.82 Å². The van der Waals surface area contributed by atoms with Crippen molar-refractivity contribution in [2.75, 3.05) is 29.9 Å². The van der Waals surface area contributed by atoms with Gasteiger partial charge in [0.15, 0.2) is 5.13 Å². The zero-order chi connectivity index (χ0) is 22.3. The molecule has 1 aliphatic heterocycles. The van der Waals surface area contributed by atoms with Crippen molar-refractivity contribution in [1.29, 1.82) is 0 Å². The van der Waals surface area contributed by atoms with Gasteiger partial charge in [-0.1, -0.05) is 30.3 Å². The zero-order valence-corrected chi connectivity index (χ0v) is 19.2. The molecule has 1 aromatic heterocycles. The maximum Gasteiger partial charge on any atom is 0.244 e. The molecule has 0 radical (unpaired) electrons. The van der Waals surface area contributed by atoms with Crippen LogP contribution in [0.4, 0.5) is 15.2 Å². The summed E-state index contributed by atoms with van der Waals surface area (Å²) in [7, 11) is 1.80. The number of aromatic nitrogens is 1. The third kappa shape index (κ3) is 5.53. The molecule has 1 aliphatic rings. The van der Waals surface area contributed by atoms with Crippen LogP contribution >= 0.6 is 11.3 Å². The molecule has 1 fully saturated rings. The number of benzene rings is 2. The summed E-state index contributed by atoms with van der Waals surface area (Å²) in [5.74, 6) is -0.382. The Morgan fingerprint density at radius 2 is 1.84 bits per heavy atom. The van der Waals surface area contributed by atoms with Crippen LogP contribution in [0.15, 0.2) is 60.0 Å². The van der Waals surface area contributed by atoms with Gasteiger partial charge in [-0.05, 0) is 62.6 Å². The Labute approximate surface area is 192 Å². The van der Waals surface area contributed by atoms with Gasteiger partial charge in [0, 0.05) is 24.2 Å². The van der Waals surface area contributed by atoms with Crippen molar-refractivity contribution in [3.05, 3.63) is 77.1 Å². The Morgan fingerprint density at radius 1 is 1.12 bits per heavy atom. The lowest BCUT2D eigenvalue weighted by Crippen LogP contribution is -2.46. The van der Waals surface area contributed by atoms with Gasteiger partial charge in [-0.25, -0.2) is 9.37 Å². The second-order valence-electron chi connectivity index (χ2n) is 8.10. The lowest BCUT2D eigenvalue weighted by Gasteiger charge is -2.27. The van der Waals surface area contributed by atoms with Crippen LogP contribution in [0.3, 0.4) is 0 Å². The first-order chi connectivity index (χ1) is 15.6. The number of carbonyl (C=O) groups excluding carboxylic acids is 1. The Hall–Kier alpha value is -2.77. The molecular formula is C25H29FN4OS. The topological polar surface area (TPSA) is 48.5 Å². The Bertz CT molecular complexity index is 1000. The Balaban J connectivity index is 1.56. The highest BCUT2D eigenvalue weighted by Gasteiger charge is 2.26. The van der Waals surface area contributed by atoms with E-state index in [9.17, 15) is 9.18 Å². The Morgan fingerprint density at radius 3 is 2.53 bits per heavy atom. The normalized spacial score (nSPS) is 14.9. The summed E-state index contributed by atoms with van der Waals surface area (Å²) >= 11 is 1.63. The summed E-state index contributed by atoms with van der Waals surface area (Å²) in [6.45, 7) is 2.42. The van der Waals surface area contributed by atoms with Crippen molar-refractivity contribution in [3.63, 3.8) is 0 Å². The molecular weight excluding hydrogens is 423 g/mol. The standard InChI is InChI=1S/C25H29FN4OS/c1-27-23(16-19-8-4-2-5-9-19)24(31)30(22-12-10-20(26)11-13-22)17-21-18-32-25(28-21)29-14-6-3-7-15-29/h2,4-5,8-13,18,23,27H,3,6-7,14-17H2,1H3. The van der Waals surface area contributed by atoms with E-state index >= 15 is 0 Å². The molecule has 0 saturated carbocycles. The largest absolute Gasteiger partial charge is 0.348 e. The lowest BCUT2D eigenvalue weighted by atomic mass is 10.0. The van der Waals surface area contributed by atoms with Crippen molar-refractivity contribution in [2.24, 2.45) is 0 Å². The van der Waals surface area contributed by atoms with Crippen LogP contribution in [-0.4, -0.2) is 37.1 Å². The number of likely N-dealkylation sites (N-methyl/N-ethyl adjacent to an activating group) is 1. The molecule has 7 heteroatoms. The first-order valence-corrected chi connectivity index (χ1v) is 12.0. The number of piperidine rings is 1. The highest BCUT2D eigenvalue weighted by atomic mass is 32.1. The first kappa shape index (κ1) is 22.4. The maximum atomic E-state index is 13.6. The van der Waals surface area contributed by atoms with E-state index in [0.29, 0.717) is 18.7 Å². The van der Waals surface area contributed by atoms with Crippen LogP contribution in [0.25, 0.3) is 0 Å². The number of nitrogens with zero attached hydrogens (tertiary/aromatic N) is 3. The average molecular weight is 453 g/mol. The molecule has 0 bridgehead atoms. The number of thiazole rings is 1. The summed E-state index contributed by atoms with van der Waals surface area (Å²) in [6.07, 6.45) is 4.23. The molecule has 1 atom stereocenters. The van der Waals surface area contributed by atoms with Crippen molar-refractivity contribution in [3.8, 4) is 0 Å². The van der Waals surface area contributed by atoms with Gasteiger partial charge in [-0.15, -0.1) is 11.3 Å². The molecule has 1 saturated heterocycles. The van der Waals surface area contributed by atoms with Gasteiger partial charge in [0.05, 0.1) is 18.3 Å². The van der Waals surface area contributed by atoms with Gasteiger partial charge in [0.2, 0.25) is 5.91 Å². The quantitative estimate of drug-likeness (QED) is 0.541. The number of hydrogen-bond acceptors (Lipinski definition) is 5. The molecule has 1 N–H and O–H groups in total. The van der Waals surface area contributed by atoms with Gasteiger partial charge in [0.25, 0.3) is 0 Å². The minimum atomic E-state index is -0.400. The SMILES string of the molecule is CNC(Cc1ccccc1)C(=O)N(Cc1csc(N2CCCCC2)n1)c1ccc(F)cc1. The summed E-state index contributed by atoms with van der Waals surface area (Å²) in [5.41, 5.74) is 2.60. The number of hydrogen-bond donors (Lipinski definition) is 1. The highest BCUT2D eigenvalue weighted by Crippen LogP contribution is 2.26. The van der Waals surface area contributed by atoms with E-state index in [-0.39, 0.29) is 11.7 Å². The van der Waals surface area contributed by atoms with Crippen molar-refractivity contribution < 1.29 is 9.18 Å². The molecule has 2 aromatic carbocycles. The number of amides is 1. The van der Waals surface area contributed by atoms with Gasteiger partial charge in [-0.3, -0.25) is 4.79 Å². The van der Waals surface area contributed by atoms with E-state index in [2.05, 4.69) is 10.2 Å². The monoisotopic (exact) mass is 452 g/mol. The second kappa shape index (κ2) is 10.7. The van der Waals surface area contributed by atoms with Crippen molar-refractivity contribution in [1.82, 2.24) is 10.3 Å². The molecule has 32 heavy (non-hydrogen) atoms. The number of rotatable bonds is 8. The summed E-state index contributed by atoms with van der Waals surface area (Å²) in [6, 6.07) is 15.6. The van der Waals surface area contributed by atoms with Crippen LogP contribution < -0.4 is 15.1 Å². The molecule has 0 aliphatic carbocycles. The number of halogens is 1. The minimum absolute atomic E-state index is 0.0597. The Kier molecular flexibility index (Phi) is 7.50. The van der Waals surface area contributed by atoms with E-state index in [1.54, 1.807) is 35.4 Å². The maximum absolute atomic E-state index is 13.6. The van der Waals surface area contributed by atoms with Crippen molar-refractivity contribution in [2.45, 2.75) is 38.3 Å². The second-order valence-corrected chi connectivity index (χ2v) is 8.94. The van der Waals surface area contributed by atoms with Crippen LogP contribution in [0, 0.1) is 5.82 Å². The van der Waals surface area contributed by atoms with Gasteiger partial charge >= 0.3 is 0 Å². The van der Waals surface area contributed by atoms with E-state index < -0.39 is 6.04 Å². The molecule has 2 heterocycles. The average Bonchev–Trinajstić information content (AvgIpc) is 3.31. The van der Waals surface area contributed by atoms with Gasteiger partial charge < -0.3 is 15.1 Å². The van der Waals surface area contributed by atoms with E-state index in [1.165, 1.54) is 31.4 Å². The molecule has 0 spiro atoms. The van der Waals surface area contributed by atoms with Crippen LogP contribution in [-0.2, 0) is 17.8 Å². The lowest BCUT2D eigenvalue weighted by molar-refractivity contribution is -0.120. The third-order valence-corrected chi connectivity index (χ3v) is 6.77. The van der Waals surface area contributed by atoms with E-state index in [0.717, 1.165) is 29.5 Å². The minimum Gasteiger partial charge on any atom is -0.348 e. The molecule has 5 nitrogen and oxygen atoms in total. The highest BCUT2D eigenvalue weighted by molar-refractivity contribution is 7.13. The van der Waals surface area contributed by atoms with Crippen molar-refractivity contribution >= 4 is 28.1 Å². The number of nitrogens with one attached hydrogen (secondary N) is 1. The smallest absolute Gasteiger partial charge is 0.244 e. The molecule has 4 rings (SSSR count). The molecule has 168 valence electrons. The third-order valence-electron chi connectivity index (χ3n) is 5.82. The first-order valence-electron chi connectivity index (χ1n) is 11.1. The fraction of sp³-hybridized carbons (Fsp3) is 0.360. The van der Waals surface area contributed by atoms with Crippen LogP contribution in [0.1, 0.15) is 30.5 Å². The molecule has 3 aromatic rings. The number of anilines is 2. The number of carbonyl (C=O) groups is 1. The zero-order valence-electron chi connectivity index (χ0n) is 18.3. The van der Waals surface area contributed by atoms with Crippen LogP contribution in [0.2, 0.25) is 0 Å². The fourth-order valence-corrected chi connectivity index (χ4v) is 4.90. The molecule has 1 amide bonds. The predicted octanol–water partition coefficient (Wildman–Crippen LogP) is 4.64. The molecule has 1 unspecified atom stereocenters. The summed E-state index contributed by atoms with van der Waals surface area (Å²) in [4.78, 5) is 22.5. The van der Waals surface area contributed by atoms with E-state index in [1.807, 2.05) is 35.7 Å². The van der Waals surface area contributed by atoms with Gasteiger partial charge in [-0.2, -0.15) is 0 Å².